The van der Waals surface area contributed by atoms with Crippen molar-refractivity contribution < 1.29 is 4.39 Å². The van der Waals surface area contributed by atoms with Crippen molar-refractivity contribution in [3.63, 3.8) is 0 Å². The molecule has 0 aliphatic rings. The van der Waals surface area contributed by atoms with E-state index in [-0.39, 0.29) is 5.82 Å². The Hall–Kier alpha value is -0.310. The highest BCUT2D eigenvalue weighted by atomic mass is 35.5. The third kappa shape index (κ3) is 4.46. The van der Waals surface area contributed by atoms with Crippen molar-refractivity contribution in [3.8, 4) is 0 Å². The first-order valence-electron chi connectivity index (χ1n) is 3.85. The van der Waals surface area contributed by atoms with Gasteiger partial charge in [-0.3, -0.25) is 5.32 Å². The Morgan fingerprint density at radius 3 is 2.31 bits per heavy atom. The fourth-order valence-corrected chi connectivity index (χ4v) is 0.993. The average molecular weight is 222 g/mol. The second-order valence-corrected chi connectivity index (χ2v) is 4.57. The van der Waals surface area contributed by atoms with Crippen LogP contribution in [0.2, 0.25) is 0 Å². The molecule has 0 saturated carbocycles. The van der Waals surface area contributed by atoms with Crippen LogP contribution in [0.5, 0.6) is 0 Å². The van der Waals surface area contributed by atoms with Gasteiger partial charge in [0, 0.05) is 6.54 Å². The number of nitrogens with one attached hydrogen (secondary N) is 1. The predicted octanol–water partition coefficient (Wildman–Crippen LogP) is 3.07. The van der Waals surface area contributed by atoms with Gasteiger partial charge < -0.3 is 0 Å². The largest absolute Gasteiger partial charge is 0.282 e. The van der Waals surface area contributed by atoms with Gasteiger partial charge in [0.25, 0.3) is 0 Å². The van der Waals surface area contributed by atoms with Crippen molar-refractivity contribution in [2.45, 2.75) is 17.9 Å². The fourth-order valence-electron chi connectivity index (χ4n) is 0.860. The Balaban J connectivity index is 2.51. The van der Waals surface area contributed by atoms with Crippen LogP contribution in [0.3, 0.4) is 0 Å². The molecular formula is C9H10Cl2FN. The lowest BCUT2D eigenvalue weighted by molar-refractivity contribution is 0.617. The van der Waals surface area contributed by atoms with Crippen LogP contribution in [-0.2, 0) is 6.54 Å². The van der Waals surface area contributed by atoms with Gasteiger partial charge in [-0.1, -0.05) is 35.3 Å². The molecule has 0 saturated heterocycles. The zero-order valence-corrected chi connectivity index (χ0v) is 8.66. The second-order valence-electron chi connectivity index (χ2n) is 2.87. The van der Waals surface area contributed by atoms with E-state index in [1.807, 2.05) is 0 Å². The molecule has 0 aliphatic heterocycles. The molecule has 1 rings (SSSR count). The van der Waals surface area contributed by atoms with E-state index in [2.05, 4.69) is 5.32 Å². The number of alkyl halides is 2. The molecular weight excluding hydrogens is 212 g/mol. The molecule has 0 aromatic heterocycles. The smallest absolute Gasteiger partial charge is 0.166 e. The van der Waals surface area contributed by atoms with Crippen molar-refractivity contribution in [1.29, 1.82) is 0 Å². The summed E-state index contributed by atoms with van der Waals surface area (Å²) in [5.74, 6) is -0.247. The van der Waals surface area contributed by atoms with Crippen molar-refractivity contribution >= 4 is 23.2 Å². The van der Waals surface area contributed by atoms with Gasteiger partial charge in [0.15, 0.2) is 4.46 Å². The Morgan fingerprint density at radius 1 is 1.31 bits per heavy atom. The molecule has 0 spiro atoms. The third-order valence-corrected chi connectivity index (χ3v) is 1.78. The van der Waals surface area contributed by atoms with Crippen LogP contribution in [0.1, 0.15) is 12.5 Å². The van der Waals surface area contributed by atoms with Crippen LogP contribution in [-0.4, -0.2) is 4.46 Å². The predicted molar refractivity (Wildman–Crippen MR) is 53.4 cm³/mol. The molecule has 0 atom stereocenters. The highest BCUT2D eigenvalue weighted by Gasteiger charge is 2.13. The van der Waals surface area contributed by atoms with E-state index in [9.17, 15) is 4.39 Å². The minimum atomic E-state index is -0.950. The summed E-state index contributed by atoms with van der Waals surface area (Å²) in [7, 11) is 0. The van der Waals surface area contributed by atoms with Crippen LogP contribution in [0.4, 0.5) is 4.39 Å². The number of rotatable bonds is 3. The van der Waals surface area contributed by atoms with E-state index in [1.54, 1.807) is 19.1 Å². The SMILES string of the molecule is CC(Cl)(Cl)NCc1ccc(F)cc1. The van der Waals surface area contributed by atoms with Gasteiger partial charge in [0.05, 0.1) is 0 Å². The van der Waals surface area contributed by atoms with Gasteiger partial charge in [-0.05, 0) is 24.6 Å². The molecule has 72 valence electrons. The van der Waals surface area contributed by atoms with Crippen LogP contribution in [0, 0.1) is 5.82 Å². The lowest BCUT2D eigenvalue weighted by Gasteiger charge is -2.15. The van der Waals surface area contributed by atoms with Gasteiger partial charge in [-0.15, -0.1) is 0 Å². The van der Waals surface area contributed by atoms with E-state index < -0.39 is 4.46 Å². The molecule has 1 aromatic rings. The van der Waals surface area contributed by atoms with Crippen LogP contribution in [0.25, 0.3) is 0 Å². The molecule has 4 heteroatoms. The van der Waals surface area contributed by atoms with E-state index in [0.29, 0.717) is 6.54 Å². The van der Waals surface area contributed by atoms with Crippen molar-refractivity contribution in [2.75, 3.05) is 0 Å². The summed E-state index contributed by atoms with van der Waals surface area (Å²) in [6.07, 6.45) is 0. The maximum absolute atomic E-state index is 12.5. The van der Waals surface area contributed by atoms with Crippen molar-refractivity contribution in [3.05, 3.63) is 35.6 Å². The highest BCUT2D eigenvalue weighted by molar-refractivity contribution is 6.47. The molecule has 0 fully saturated rings. The molecule has 1 nitrogen and oxygen atoms in total. The summed E-state index contributed by atoms with van der Waals surface area (Å²) < 4.78 is 11.5. The van der Waals surface area contributed by atoms with E-state index >= 15 is 0 Å². The van der Waals surface area contributed by atoms with Crippen LogP contribution >= 0.6 is 23.2 Å². The van der Waals surface area contributed by atoms with E-state index in [0.717, 1.165) is 5.56 Å². The molecule has 13 heavy (non-hydrogen) atoms. The molecule has 0 aliphatic carbocycles. The first kappa shape index (κ1) is 10.8. The molecule has 0 heterocycles. The molecule has 0 radical (unpaired) electrons. The van der Waals surface area contributed by atoms with Gasteiger partial charge in [-0.25, -0.2) is 4.39 Å². The highest BCUT2D eigenvalue weighted by Crippen LogP contribution is 2.15. The first-order valence-corrected chi connectivity index (χ1v) is 4.60. The number of benzene rings is 1. The monoisotopic (exact) mass is 221 g/mol. The van der Waals surface area contributed by atoms with Crippen LogP contribution in [0.15, 0.2) is 24.3 Å². The maximum Gasteiger partial charge on any atom is 0.166 e. The van der Waals surface area contributed by atoms with Gasteiger partial charge in [-0.2, -0.15) is 0 Å². The zero-order chi connectivity index (χ0) is 9.90. The molecule has 0 amide bonds. The van der Waals surface area contributed by atoms with Gasteiger partial charge in [0.2, 0.25) is 0 Å². The van der Waals surface area contributed by atoms with Crippen molar-refractivity contribution in [2.24, 2.45) is 0 Å². The number of hydrogen-bond acceptors (Lipinski definition) is 1. The normalized spacial score (nSPS) is 11.7. The average Bonchev–Trinajstić information content (AvgIpc) is 2.02. The lowest BCUT2D eigenvalue weighted by Crippen LogP contribution is -2.29. The Bertz CT molecular complexity index is 266. The summed E-state index contributed by atoms with van der Waals surface area (Å²) in [4.78, 5) is 0. The molecule has 1 aromatic carbocycles. The van der Waals surface area contributed by atoms with Gasteiger partial charge >= 0.3 is 0 Å². The fraction of sp³-hybridized carbons (Fsp3) is 0.333. The number of hydrogen-bond donors (Lipinski definition) is 1. The van der Waals surface area contributed by atoms with Crippen LogP contribution < -0.4 is 5.32 Å². The van der Waals surface area contributed by atoms with Crippen molar-refractivity contribution in [1.82, 2.24) is 5.32 Å². The minimum absolute atomic E-state index is 0.247. The second kappa shape index (κ2) is 4.27. The Kier molecular flexibility index (Phi) is 3.54. The topological polar surface area (TPSA) is 12.0 Å². The number of halogens is 3. The lowest BCUT2D eigenvalue weighted by atomic mass is 10.2. The Morgan fingerprint density at radius 2 is 1.85 bits per heavy atom. The molecule has 1 N–H and O–H groups in total. The minimum Gasteiger partial charge on any atom is -0.282 e. The summed E-state index contributed by atoms with van der Waals surface area (Å²) >= 11 is 11.4. The maximum atomic E-state index is 12.5. The zero-order valence-electron chi connectivity index (χ0n) is 7.15. The first-order chi connectivity index (χ1) is 5.97. The summed E-state index contributed by atoms with van der Waals surface area (Å²) in [6, 6.07) is 6.16. The molecule has 0 unspecified atom stereocenters. The van der Waals surface area contributed by atoms with E-state index in [4.69, 9.17) is 23.2 Å². The van der Waals surface area contributed by atoms with E-state index in [1.165, 1.54) is 12.1 Å². The Labute approximate surface area is 86.8 Å². The summed E-state index contributed by atoms with van der Waals surface area (Å²) in [5, 5.41) is 2.87. The standard InChI is InChI=1S/C9H10Cl2FN/c1-9(10,11)13-6-7-2-4-8(12)5-3-7/h2-5,13H,6H2,1H3. The quantitative estimate of drug-likeness (QED) is 0.612. The molecule has 0 bridgehead atoms. The van der Waals surface area contributed by atoms with Gasteiger partial charge in [0.1, 0.15) is 5.82 Å². The third-order valence-electron chi connectivity index (χ3n) is 1.52. The summed E-state index contributed by atoms with van der Waals surface area (Å²) in [5.41, 5.74) is 0.939. The summed E-state index contributed by atoms with van der Waals surface area (Å²) in [6.45, 7) is 2.16.